The topological polar surface area (TPSA) is 52.6 Å². The maximum atomic E-state index is 12.7. The van der Waals surface area contributed by atoms with Crippen LogP contribution in [0.15, 0.2) is 18.2 Å². The number of hydrogen-bond donors (Lipinski definition) is 2. The van der Waals surface area contributed by atoms with Gasteiger partial charge in [0.05, 0.1) is 5.92 Å². The second-order valence-electron chi connectivity index (χ2n) is 5.79. The van der Waals surface area contributed by atoms with Crippen LogP contribution in [0.5, 0.6) is 0 Å². The molecule has 1 aromatic rings. The highest BCUT2D eigenvalue weighted by Crippen LogP contribution is 2.45. The van der Waals surface area contributed by atoms with Gasteiger partial charge in [-0.2, -0.15) is 0 Å². The number of rotatable bonds is 3. The zero-order valence-electron chi connectivity index (χ0n) is 11.9. The number of hydrogen-bond acceptors (Lipinski definition) is 3. The van der Waals surface area contributed by atoms with Crippen LogP contribution in [-0.2, 0) is 11.2 Å². The normalized spacial score (nSPS) is 23.2. The van der Waals surface area contributed by atoms with E-state index in [1.807, 2.05) is 19.2 Å². The lowest BCUT2D eigenvalue weighted by Gasteiger charge is -2.28. The van der Waals surface area contributed by atoms with Crippen LogP contribution in [0.4, 0.5) is 5.69 Å². The molecule has 0 bridgehead atoms. The fourth-order valence-electron chi connectivity index (χ4n) is 3.66. The Morgan fingerprint density at radius 3 is 2.80 bits per heavy atom. The third-order valence-corrected chi connectivity index (χ3v) is 4.68. The lowest BCUT2D eigenvalue weighted by atomic mass is 9.79. The molecule has 0 radical (unpaired) electrons. The number of anilines is 1. The maximum absolute atomic E-state index is 12.7. The first-order valence-electron chi connectivity index (χ1n) is 7.45. The molecule has 1 aromatic carbocycles. The van der Waals surface area contributed by atoms with E-state index in [1.165, 1.54) is 5.56 Å². The van der Waals surface area contributed by atoms with Gasteiger partial charge < -0.3 is 15.3 Å². The van der Waals surface area contributed by atoms with E-state index in [4.69, 9.17) is 0 Å². The number of carbonyl (C=O) groups excluding carboxylic acids is 1. The Bertz CT molecular complexity index is 509. The molecular formula is C16H22N2O2. The van der Waals surface area contributed by atoms with Gasteiger partial charge in [-0.3, -0.25) is 4.79 Å². The van der Waals surface area contributed by atoms with Crippen LogP contribution >= 0.6 is 0 Å². The predicted molar refractivity (Wildman–Crippen MR) is 79.0 cm³/mol. The molecule has 1 fully saturated rings. The van der Waals surface area contributed by atoms with E-state index < -0.39 is 0 Å². The number of aliphatic hydroxyl groups is 1. The van der Waals surface area contributed by atoms with Crippen molar-refractivity contribution in [2.45, 2.75) is 25.2 Å². The van der Waals surface area contributed by atoms with Gasteiger partial charge in [0.15, 0.2) is 0 Å². The van der Waals surface area contributed by atoms with Gasteiger partial charge in [0.1, 0.15) is 0 Å². The predicted octanol–water partition coefficient (Wildman–Crippen LogP) is 1.28. The van der Waals surface area contributed by atoms with Crippen molar-refractivity contribution in [3.63, 3.8) is 0 Å². The van der Waals surface area contributed by atoms with Crippen LogP contribution in [0.25, 0.3) is 0 Å². The molecule has 0 spiro atoms. The largest absolute Gasteiger partial charge is 0.396 e. The minimum absolute atomic E-state index is 0.0140. The van der Waals surface area contributed by atoms with Gasteiger partial charge in [0, 0.05) is 19.3 Å². The van der Waals surface area contributed by atoms with Gasteiger partial charge in [0.25, 0.3) is 0 Å². The van der Waals surface area contributed by atoms with Gasteiger partial charge >= 0.3 is 0 Å². The maximum Gasteiger partial charge on any atom is 0.234 e. The summed E-state index contributed by atoms with van der Waals surface area (Å²) < 4.78 is 0. The molecular weight excluding hydrogens is 252 g/mol. The molecule has 0 aromatic heterocycles. The summed E-state index contributed by atoms with van der Waals surface area (Å²) in [5.41, 5.74) is 3.33. The fourth-order valence-corrected chi connectivity index (χ4v) is 3.66. The Morgan fingerprint density at radius 1 is 1.35 bits per heavy atom. The van der Waals surface area contributed by atoms with Crippen molar-refractivity contribution in [3.8, 4) is 0 Å². The monoisotopic (exact) mass is 274 g/mol. The average Bonchev–Trinajstić information content (AvgIpc) is 2.74. The lowest BCUT2D eigenvalue weighted by molar-refractivity contribution is -0.120. The Morgan fingerprint density at radius 2 is 2.10 bits per heavy atom. The summed E-state index contributed by atoms with van der Waals surface area (Å²) in [7, 11) is 1.87. The first-order valence-corrected chi connectivity index (χ1v) is 7.45. The minimum atomic E-state index is -0.0140. The van der Waals surface area contributed by atoms with Crippen LogP contribution in [-0.4, -0.2) is 37.8 Å². The molecule has 20 heavy (non-hydrogen) atoms. The third kappa shape index (κ3) is 2.13. The zero-order valence-corrected chi connectivity index (χ0v) is 11.9. The quantitative estimate of drug-likeness (QED) is 0.873. The van der Waals surface area contributed by atoms with E-state index in [0.717, 1.165) is 37.2 Å². The number of likely N-dealkylation sites (N-methyl/N-ethyl adjacent to an activating group) is 1. The Kier molecular flexibility index (Phi) is 3.76. The lowest BCUT2D eigenvalue weighted by Crippen LogP contribution is -2.35. The molecule has 2 aliphatic heterocycles. The van der Waals surface area contributed by atoms with Crippen LogP contribution in [0.2, 0.25) is 0 Å². The Hall–Kier alpha value is -1.39. The number of carbonyl (C=O) groups is 1. The smallest absolute Gasteiger partial charge is 0.234 e. The summed E-state index contributed by atoms with van der Waals surface area (Å²) in [6.07, 6.45) is 2.74. The SMILES string of the molecule is CN1C(=O)C(C2CCNCC2)c2c(CCO)cccc21. The number of fused-ring (bicyclic) bond motifs is 1. The molecule has 2 heterocycles. The molecule has 1 unspecified atom stereocenters. The molecule has 4 nitrogen and oxygen atoms in total. The Labute approximate surface area is 119 Å². The van der Waals surface area contributed by atoms with Gasteiger partial charge in [-0.05, 0) is 55.5 Å². The summed E-state index contributed by atoms with van der Waals surface area (Å²) >= 11 is 0. The van der Waals surface area contributed by atoms with E-state index in [0.29, 0.717) is 12.3 Å². The van der Waals surface area contributed by atoms with Gasteiger partial charge in [-0.1, -0.05) is 12.1 Å². The van der Waals surface area contributed by atoms with Crippen LogP contribution in [0, 0.1) is 5.92 Å². The minimum Gasteiger partial charge on any atom is -0.396 e. The fraction of sp³-hybridized carbons (Fsp3) is 0.562. The van der Waals surface area contributed by atoms with Crippen molar-refractivity contribution >= 4 is 11.6 Å². The molecule has 0 aliphatic carbocycles. The summed E-state index contributed by atoms with van der Waals surface area (Å²) in [5.74, 6) is 0.629. The number of benzene rings is 1. The second kappa shape index (κ2) is 5.54. The number of amides is 1. The summed E-state index contributed by atoms with van der Waals surface area (Å²) in [6.45, 7) is 2.12. The van der Waals surface area contributed by atoms with Gasteiger partial charge in [0.2, 0.25) is 5.91 Å². The van der Waals surface area contributed by atoms with Crippen molar-refractivity contribution in [1.29, 1.82) is 0 Å². The van der Waals surface area contributed by atoms with Crippen molar-refractivity contribution in [2.75, 3.05) is 31.6 Å². The standard InChI is InChI=1S/C16H22N2O2/c1-18-13-4-2-3-11(7-10-19)14(13)15(16(18)20)12-5-8-17-9-6-12/h2-4,12,15,17,19H,5-10H2,1H3. The first kappa shape index (κ1) is 13.6. The van der Waals surface area contributed by atoms with Gasteiger partial charge in [-0.15, -0.1) is 0 Å². The van der Waals surface area contributed by atoms with Crippen molar-refractivity contribution in [2.24, 2.45) is 5.92 Å². The van der Waals surface area contributed by atoms with Crippen LogP contribution in [0.3, 0.4) is 0 Å². The average molecular weight is 274 g/mol. The molecule has 1 amide bonds. The summed E-state index contributed by atoms with van der Waals surface area (Å²) in [4.78, 5) is 14.5. The molecule has 0 saturated carbocycles. The van der Waals surface area contributed by atoms with E-state index in [2.05, 4.69) is 11.4 Å². The van der Waals surface area contributed by atoms with Crippen molar-refractivity contribution in [3.05, 3.63) is 29.3 Å². The Balaban J connectivity index is 2.02. The molecule has 3 rings (SSSR count). The molecule has 2 aliphatic rings. The highest BCUT2D eigenvalue weighted by molar-refractivity contribution is 6.05. The molecule has 1 atom stereocenters. The van der Waals surface area contributed by atoms with E-state index in [-0.39, 0.29) is 18.4 Å². The van der Waals surface area contributed by atoms with Gasteiger partial charge in [-0.25, -0.2) is 0 Å². The molecule has 108 valence electrons. The second-order valence-corrected chi connectivity index (χ2v) is 5.79. The number of piperidine rings is 1. The zero-order chi connectivity index (χ0) is 14.1. The van der Waals surface area contributed by atoms with Crippen LogP contribution < -0.4 is 10.2 Å². The summed E-state index contributed by atoms with van der Waals surface area (Å²) in [6, 6.07) is 6.06. The number of aliphatic hydroxyl groups excluding tert-OH is 1. The van der Waals surface area contributed by atoms with E-state index >= 15 is 0 Å². The highest BCUT2D eigenvalue weighted by Gasteiger charge is 2.41. The van der Waals surface area contributed by atoms with E-state index in [1.54, 1.807) is 4.90 Å². The first-order chi connectivity index (χ1) is 9.74. The third-order valence-electron chi connectivity index (χ3n) is 4.68. The molecule has 2 N–H and O–H groups in total. The molecule has 4 heteroatoms. The molecule has 1 saturated heterocycles. The van der Waals surface area contributed by atoms with Crippen molar-refractivity contribution < 1.29 is 9.90 Å². The number of nitrogens with one attached hydrogen (secondary N) is 1. The van der Waals surface area contributed by atoms with Crippen molar-refractivity contribution in [1.82, 2.24) is 5.32 Å². The van der Waals surface area contributed by atoms with Crippen LogP contribution in [0.1, 0.15) is 29.9 Å². The highest BCUT2D eigenvalue weighted by atomic mass is 16.3. The number of nitrogens with zero attached hydrogens (tertiary/aromatic N) is 1. The summed E-state index contributed by atoms with van der Waals surface area (Å²) in [5, 5.41) is 12.6. The van der Waals surface area contributed by atoms with E-state index in [9.17, 15) is 9.90 Å².